The molecule has 1 fully saturated rings. The van der Waals surface area contributed by atoms with Gasteiger partial charge in [0.2, 0.25) is 0 Å². The van der Waals surface area contributed by atoms with Gasteiger partial charge in [0.15, 0.2) is 0 Å². The summed E-state index contributed by atoms with van der Waals surface area (Å²) in [5.41, 5.74) is 2.11. The van der Waals surface area contributed by atoms with E-state index >= 15 is 0 Å². The highest BCUT2D eigenvalue weighted by Crippen LogP contribution is 2.28. The zero-order valence-electron chi connectivity index (χ0n) is 13.4. The number of anilines is 2. The SMILES string of the molecule is Cc1cccnc1N(C)[C@@H]1CCN(c2ncnc3[nH]ccc23)C1. The molecule has 118 valence electrons. The summed E-state index contributed by atoms with van der Waals surface area (Å²) >= 11 is 0. The molecular formula is C17H20N6. The molecule has 4 heterocycles. The Balaban J connectivity index is 1.58. The van der Waals surface area contributed by atoms with Gasteiger partial charge >= 0.3 is 0 Å². The third kappa shape index (κ3) is 2.40. The zero-order valence-corrected chi connectivity index (χ0v) is 13.4. The van der Waals surface area contributed by atoms with Crippen molar-refractivity contribution < 1.29 is 0 Å². The van der Waals surface area contributed by atoms with E-state index in [1.165, 1.54) is 5.56 Å². The van der Waals surface area contributed by atoms with E-state index < -0.39 is 0 Å². The van der Waals surface area contributed by atoms with E-state index in [-0.39, 0.29) is 0 Å². The van der Waals surface area contributed by atoms with Gasteiger partial charge in [0.25, 0.3) is 0 Å². The maximum absolute atomic E-state index is 4.54. The molecule has 6 nitrogen and oxygen atoms in total. The minimum Gasteiger partial charge on any atom is -0.355 e. The molecule has 23 heavy (non-hydrogen) atoms. The Morgan fingerprint density at radius 3 is 3.04 bits per heavy atom. The van der Waals surface area contributed by atoms with Crippen molar-refractivity contribution in [2.75, 3.05) is 29.9 Å². The predicted molar refractivity (Wildman–Crippen MR) is 91.9 cm³/mol. The van der Waals surface area contributed by atoms with Gasteiger partial charge in [-0.15, -0.1) is 0 Å². The molecule has 6 heteroatoms. The molecule has 0 saturated carbocycles. The first kappa shape index (κ1) is 14.0. The molecule has 0 amide bonds. The van der Waals surface area contributed by atoms with Gasteiger partial charge in [-0.25, -0.2) is 15.0 Å². The third-order valence-electron chi connectivity index (χ3n) is 4.66. The van der Waals surface area contributed by atoms with Crippen LogP contribution in [0.5, 0.6) is 0 Å². The maximum atomic E-state index is 4.54. The van der Waals surface area contributed by atoms with Crippen molar-refractivity contribution in [1.29, 1.82) is 0 Å². The van der Waals surface area contributed by atoms with Crippen LogP contribution in [0, 0.1) is 6.92 Å². The zero-order chi connectivity index (χ0) is 15.8. The second-order valence-electron chi connectivity index (χ2n) is 6.08. The van der Waals surface area contributed by atoms with Crippen LogP contribution in [0.25, 0.3) is 11.0 Å². The molecule has 3 aromatic heterocycles. The topological polar surface area (TPSA) is 60.9 Å². The molecule has 1 saturated heterocycles. The molecule has 0 spiro atoms. The molecule has 0 aliphatic carbocycles. The van der Waals surface area contributed by atoms with Crippen molar-refractivity contribution in [3.63, 3.8) is 0 Å². The van der Waals surface area contributed by atoms with Crippen molar-refractivity contribution >= 4 is 22.7 Å². The number of pyridine rings is 1. The van der Waals surface area contributed by atoms with Crippen molar-refractivity contribution in [2.24, 2.45) is 0 Å². The minimum atomic E-state index is 0.438. The lowest BCUT2D eigenvalue weighted by molar-refractivity contribution is 0.682. The number of aryl methyl sites for hydroxylation is 1. The van der Waals surface area contributed by atoms with Gasteiger partial charge in [-0.1, -0.05) is 6.07 Å². The Labute approximate surface area is 135 Å². The van der Waals surface area contributed by atoms with Gasteiger partial charge in [-0.05, 0) is 31.0 Å². The van der Waals surface area contributed by atoms with Crippen LogP contribution in [0.1, 0.15) is 12.0 Å². The molecule has 1 N–H and O–H groups in total. The smallest absolute Gasteiger partial charge is 0.142 e. The van der Waals surface area contributed by atoms with Crippen molar-refractivity contribution in [2.45, 2.75) is 19.4 Å². The third-order valence-corrected chi connectivity index (χ3v) is 4.66. The van der Waals surface area contributed by atoms with Crippen molar-refractivity contribution in [3.05, 3.63) is 42.5 Å². The van der Waals surface area contributed by atoms with Gasteiger partial charge in [-0.3, -0.25) is 0 Å². The highest BCUT2D eigenvalue weighted by Gasteiger charge is 2.28. The Morgan fingerprint density at radius 1 is 1.26 bits per heavy atom. The quantitative estimate of drug-likeness (QED) is 0.805. The number of hydrogen-bond donors (Lipinski definition) is 1. The van der Waals surface area contributed by atoms with Gasteiger partial charge in [0.1, 0.15) is 23.6 Å². The first-order valence-electron chi connectivity index (χ1n) is 7.91. The van der Waals surface area contributed by atoms with Crippen molar-refractivity contribution in [1.82, 2.24) is 19.9 Å². The summed E-state index contributed by atoms with van der Waals surface area (Å²) in [5, 5.41) is 1.09. The van der Waals surface area contributed by atoms with E-state index in [4.69, 9.17) is 0 Å². The second-order valence-corrected chi connectivity index (χ2v) is 6.08. The molecular weight excluding hydrogens is 288 g/mol. The standard InChI is InChI=1S/C17H20N6/c1-12-4-3-7-19-16(12)22(2)13-6-9-23(10-13)17-14-5-8-18-15(14)20-11-21-17/h3-5,7-8,11,13H,6,9-10H2,1-2H3,(H,18,20,21)/t13-/m1/s1. The number of H-pyrrole nitrogens is 1. The summed E-state index contributed by atoms with van der Waals surface area (Å²) in [7, 11) is 2.13. The Morgan fingerprint density at radius 2 is 2.17 bits per heavy atom. The number of aromatic amines is 1. The summed E-state index contributed by atoms with van der Waals surface area (Å²) in [6, 6.07) is 6.58. The van der Waals surface area contributed by atoms with Crippen LogP contribution in [0.15, 0.2) is 36.9 Å². The van der Waals surface area contributed by atoms with Crippen LogP contribution < -0.4 is 9.80 Å². The lowest BCUT2D eigenvalue weighted by Crippen LogP contribution is -2.35. The van der Waals surface area contributed by atoms with E-state index in [1.807, 2.05) is 24.5 Å². The first-order valence-corrected chi connectivity index (χ1v) is 7.91. The van der Waals surface area contributed by atoms with Gasteiger partial charge < -0.3 is 14.8 Å². The number of nitrogens with one attached hydrogen (secondary N) is 1. The average molecular weight is 308 g/mol. The summed E-state index contributed by atoms with van der Waals surface area (Å²) in [6.45, 7) is 4.06. The fourth-order valence-corrected chi connectivity index (χ4v) is 3.38. The fraction of sp³-hybridized carbons (Fsp3) is 0.353. The van der Waals surface area contributed by atoms with E-state index in [0.29, 0.717) is 6.04 Å². The van der Waals surface area contributed by atoms with Crippen LogP contribution in [0.2, 0.25) is 0 Å². The summed E-state index contributed by atoms with van der Waals surface area (Å²) in [5.74, 6) is 2.08. The Hall–Kier alpha value is -2.63. The minimum absolute atomic E-state index is 0.438. The van der Waals surface area contributed by atoms with E-state index in [1.54, 1.807) is 6.33 Å². The molecule has 0 aromatic carbocycles. The van der Waals surface area contributed by atoms with Crippen molar-refractivity contribution in [3.8, 4) is 0 Å². The predicted octanol–water partition coefficient (Wildman–Crippen LogP) is 2.38. The maximum Gasteiger partial charge on any atom is 0.142 e. The monoisotopic (exact) mass is 308 g/mol. The Kier molecular flexibility index (Phi) is 3.37. The summed E-state index contributed by atoms with van der Waals surface area (Å²) in [6.07, 6.45) is 6.51. The normalized spacial score (nSPS) is 17.8. The first-order chi connectivity index (χ1) is 11.2. The van der Waals surface area contributed by atoms with Crippen LogP contribution in [0.3, 0.4) is 0 Å². The van der Waals surface area contributed by atoms with Crippen LogP contribution >= 0.6 is 0 Å². The Bertz CT molecular complexity index is 827. The summed E-state index contributed by atoms with van der Waals surface area (Å²) in [4.78, 5) is 21.1. The van der Waals surface area contributed by atoms with E-state index in [0.717, 1.165) is 42.2 Å². The van der Waals surface area contributed by atoms with E-state index in [2.05, 4.69) is 49.8 Å². The number of hydrogen-bond acceptors (Lipinski definition) is 5. The molecule has 0 radical (unpaired) electrons. The molecule has 3 aromatic rings. The van der Waals surface area contributed by atoms with Crippen LogP contribution in [-0.2, 0) is 0 Å². The van der Waals surface area contributed by atoms with Crippen LogP contribution in [-0.4, -0.2) is 46.1 Å². The van der Waals surface area contributed by atoms with Gasteiger partial charge in [-0.2, -0.15) is 0 Å². The lowest BCUT2D eigenvalue weighted by Gasteiger charge is -2.27. The number of rotatable bonds is 3. The van der Waals surface area contributed by atoms with Gasteiger partial charge in [0, 0.05) is 38.6 Å². The van der Waals surface area contributed by atoms with Crippen LogP contribution in [0.4, 0.5) is 11.6 Å². The molecule has 0 bridgehead atoms. The second kappa shape index (κ2) is 5.53. The lowest BCUT2D eigenvalue weighted by atomic mass is 10.2. The number of likely N-dealkylation sites (N-methyl/N-ethyl adjacent to an activating group) is 1. The number of fused-ring (bicyclic) bond motifs is 1. The number of nitrogens with zero attached hydrogens (tertiary/aromatic N) is 5. The highest BCUT2D eigenvalue weighted by molar-refractivity contribution is 5.87. The molecule has 4 rings (SSSR count). The molecule has 1 atom stereocenters. The summed E-state index contributed by atoms with van der Waals surface area (Å²) < 4.78 is 0. The number of aromatic nitrogens is 4. The largest absolute Gasteiger partial charge is 0.355 e. The molecule has 0 unspecified atom stereocenters. The fourth-order valence-electron chi connectivity index (χ4n) is 3.38. The highest BCUT2D eigenvalue weighted by atomic mass is 15.3. The van der Waals surface area contributed by atoms with Gasteiger partial charge in [0.05, 0.1) is 5.39 Å². The average Bonchev–Trinajstić information content (AvgIpc) is 3.23. The molecule has 1 aliphatic rings. The van der Waals surface area contributed by atoms with E-state index in [9.17, 15) is 0 Å². The molecule has 1 aliphatic heterocycles.